The van der Waals surface area contributed by atoms with E-state index in [0.29, 0.717) is 43.3 Å². The second-order valence-corrected chi connectivity index (χ2v) is 7.60. The second kappa shape index (κ2) is 7.47. The summed E-state index contributed by atoms with van der Waals surface area (Å²) in [6.45, 7) is 0.0883. The lowest BCUT2D eigenvalue weighted by Crippen LogP contribution is -2.20. The Morgan fingerprint density at radius 2 is 2.00 bits per heavy atom. The molecule has 27 heavy (non-hydrogen) atoms. The van der Waals surface area contributed by atoms with Crippen molar-refractivity contribution in [3.8, 4) is 5.75 Å². The van der Waals surface area contributed by atoms with E-state index in [0.717, 1.165) is 5.52 Å². The van der Waals surface area contributed by atoms with Crippen LogP contribution in [-0.4, -0.2) is 38.5 Å². The molecule has 0 amide bonds. The number of aliphatic hydroxyl groups excluding tert-OH is 1. The number of aromatic nitrogens is 3. The van der Waals surface area contributed by atoms with Gasteiger partial charge in [0.05, 0.1) is 32.7 Å². The van der Waals surface area contributed by atoms with Crippen molar-refractivity contribution in [2.75, 3.05) is 12.4 Å². The lowest BCUT2D eigenvalue weighted by molar-refractivity contribution is 0.126. The van der Waals surface area contributed by atoms with Crippen molar-refractivity contribution in [2.45, 2.75) is 11.3 Å². The molecule has 0 saturated carbocycles. The summed E-state index contributed by atoms with van der Waals surface area (Å²) in [7, 11) is 0. The summed E-state index contributed by atoms with van der Waals surface area (Å²) in [5, 5.41) is 11.7. The molecule has 0 aliphatic carbocycles. The van der Waals surface area contributed by atoms with Crippen LogP contribution >= 0.6 is 35.0 Å². The third kappa shape index (κ3) is 4.08. The number of hydrogen-bond acceptors (Lipinski definition) is 6. The van der Waals surface area contributed by atoms with Crippen molar-refractivity contribution < 1.29 is 14.3 Å². The quantitative estimate of drug-likeness (QED) is 0.405. The topological polar surface area (TPSA) is 104 Å². The highest BCUT2D eigenvalue weighted by Gasteiger charge is 2.11. The molecule has 1 atom stereocenters. The van der Waals surface area contributed by atoms with Gasteiger partial charge in [-0.1, -0.05) is 35.0 Å². The molecule has 2 aromatic carbocycles. The van der Waals surface area contributed by atoms with E-state index in [2.05, 4.69) is 15.0 Å². The molecule has 10 heteroatoms. The predicted molar refractivity (Wildman–Crippen MR) is 105 cm³/mol. The van der Waals surface area contributed by atoms with Gasteiger partial charge in [-0.05, 0) is 24.3 Å². The molecule has 0 aliphatic rings. The number of nitrogens with one attached hydrogen (secondary N) is 2. The molecule has 140 valence electrons. The highest BCUT2D eigenvalue weighted by molar-refractivity contribution is 7.99. The zero-order valence-corrected chi connectivity index (χ0v) is 16.0. The maximum absolute atomic E-state index is 11.2. The maximum Gasteiger partial charge on any atom is 0.417 e. The van der Waals surface area contributed by atoms with Crippen molar-refractivity contribution in [2.24, 2.45) is 0 Å². The largest absolute Gasteiger partial charge is 0.491 e. The van der Waals surface area contributed by atoms with Crippen LogP contribution in [-0.2, 0) is 0 Å². The van der Waals surface area contributed by atoms with Gasteiger partial charge in [0, 0.05) is 11.8 Å². The summed E-state index contributed by atoms with van der Waals surface area (Å²) in [6.07, 6.45) is -0.718. The molecule has 0 unspecified atom stereocenters. The number of fused-ring (bicyclic) bond motifs is 2. The monoisotopic (exact) mass is 425 g/mol. The number of hydrogen-bond donors (Lipinski definition) is 3. The second-order valence-electron chi connectivity index (χ2n) is 5.77. The smallest absolute Gasteiger partial charge is 0.417 e. The minimum atomic E-state index is -0.718. The fourth-order valence-electron chi connectivity index (χ4n) is 2.48. The van der Waals surface area contributed by atoms with E-state index >= 15 is 0 Å². The van der Waals surface area contributed by atoms with Crippen molar-refractivity contribution in [1.29, 1.82) is 0 Å². The average Bonchev–Trinajstić information content (AvgIpc) is 3.19. The SMILES string of the molecule is O=c1[nH]c2ccc(OC[C@@H](O)CSc3nc4cc(Cl)c(Cl)cc4[nH]3)cc2o1. The number of aromatic amines is 2. The normalized spacial score (nSPS) is 12.7. The van der Waals surface area contributed by atoms with Gasteiger partial charge in [0.25, 0.3) is 0 Å². The molecule has 4 rings (SSSR count). The molecule has 0 spiro atoms. The number of imidazole rings is 1. The van der Waals surface area contributed by atoms with Gasteiger partial charge in [-0.3, -0.25) is 4.98 Å². The van der Waals surface area contributed by atoms with Crippen LogP contribution in [0.2, 0.25) is 10.0 Å². The summed E-state index contributed by atoms with van der Waals surface area (Å²) in [4.78, 5) is 21.2. The first-order valence-electron chi connectivity index (χ1n) is 7.89. The zero-order chi connectivity index (χ0) is 19.0. The number of halogens is 2. The van der Waals surface area contributed by atoms with Crippen LogP contribution in [0.1, 0.15) is 0 Å². The molecular formula is C17H13Cl2N3O4S. The van der Waals surface area contributed by atoms with E-state index < -0.39 is 11.9 Å². The van der Waals surface area contributed by atoms with Gasteiger partial charge >= 0.3 is 5.76 Å². The highest BCUT2D eigenvalue weighted by Crippen LogP contribution is 2.28. The highest BCUT2D eigenvalue weighted by atomic mass is 35.5. The lowest BCUT2D eigenvalue weighted by atomic mass is 10.3. The summed E-state index contributed by atoms with van der Waals surface area (Å²) in [5.41, 5.74) is 2.48. The number of thioether (sulfide) groups is 1. The molecule has 2 heterocycles. The fourth-order valence-corrected chi connectivity index (χ4v) is 3.59. The van der Waals surface area contributed by atoms with E-state index in [-0.39, 0.29) is 6.61 Å². The molecule has 0 radical (unpaired) electrons. The van der Waals surface area contributed by atoms with Crippen LogP contribution in [0.15, 0.2) is 44.7 Å². The van der Waals surface area contributed by atoms with E-state index in [1.165, 1.54) is 11.8 Å². The number of H-pyrrole nitrogens is 2. The number of oxazole rings is 1. The Morgan fingerprint density at radius 1 is 1.19 bits per heavy atom. The number of benzene rings is 2. The van der Waals surface area contributed by atoms with E-state index in [1.54, 1.807) is 30.3 Å². The Hall–Kier alpha value is -2.13. The summed E-state index contributed by atoms with van der Waals surface area (Å²) in [6, 6.07) is 8.38. The van der Waals surface area contributed by atoms with Crippen LogP contribution in [0.5, 0.6) is 5.75 Å². The number of aliphatic hydroxyl groups is 1. The molecule has 3 N–H and O–H groups in total. The molecule has 7 nitrogen and oxygen atoms in total. The Balaban J connectivity index is 1.34. The van der Waals surface area contributed by atoms with Gasteiger partial charge in [-0.15, -0.1) is 0 Å². The molecule has 0 saturated heterocycles. The molecule has 0 fully saturated rings. The Morgan fingerprint density at radius 3 is 2.85 bits per heavy atom. The molecule has 2 aromatic heterocycles. The average molecular weight is 426 g/mol. The number of nitrogens with zero attached hydrogens (tertiary/aromatic N) is 1. The first kappa shape index (κ1) is 18.2. The summed E-state index contributed by atoms with van der Waals surface area (Å²) in [5.74, 6) is 0.359. The number of rotatable bonds is 6. The van der Waals surface area contributed by atoms with Crippen LogP contribution in [0.25, 0.3) is 22.1 Å². The van der Waals surface area contributed by atoms with Crippen molar-refractivity contribution in [3.63, 3.8) is 0 Å². The minimum absolute atomic E-state index is 0.0883. The van der Waals surface area contributed by atoms with E-state index in [4.69, 9.17) is 32.4 Å². The number of ether oxygens (including phenoxy) is 1. The Bertz CT molecular complexity index is 1130. The van der Waals surface area contributed by atoms with Gasteiger partial charge in [0.15, 0.2) is 10.7 Å². The van der Waals surface area contributed by atoms with Gasteiger partial charge in [-0.25, -0.2) is 9.78 Å². The van der Waals surface area contributed by atoms with Gasteiger partial charge in [0.2, 0.25) is 0 Å². The van der Waals surface area contributed by atoms with Crippen molar-refractivity contribution in [1.82, 2.24) is 15.0 Å². The summed E-state index contributed by atoms with van der Waals surface area (Å²) >= 11 is 13.3. The van der Waals surface area contributed by atoms with Crippen molar-refractivity contribution in [3.05, 3.63) is 50.9 Å². The predicted octanol–water partition coefficient (Wildman–Crippen LogP) is 3.84. The van der Waals surface area contributed by atoms with E-state index in [9.17, 15) is 9.90 Å². The van der Waals surface area contributed by atoms with Crippen LogP contribution in [0, 0.1) is 0 Å². The molecule has 0 aliphatic heterocycles. The fraction of sp³-hybridized carbons (Fsp3) is 0.176. The first-order chi connectivity index (χ1) is 13.0. The first-order valence-corrected chi connectivity index (χ1v) is 9.63. The maximum atomic E-state index is 11.2. The minimum Gasteiger partial charge on any atom is -0.491 e. The van der Waals surface area contributed by atoms with Crippen molar-refractivity contribution >= 4 is 57.1 Å². The third-order valence-electron chi connectivity index (χ3n) is 3.75. The van der Waals surface area contributed by atoms with E-state index in [1.807, 2.05) is 0 Å². The molecular weight excluding hydrogens is 413 g/mol. The molecule has 0 bridgehead atoms. The van der Waals surface area contributed by atoms with Crippen LogP contribution < -0.4 is 10.5 Å². The third-order valence-corrected chi connectivity index (χ3v) is 5.49. The van der Waals surface area contributed by atoms with Gasteiger partial charge in [-0.2, -0.15) is 0 Å². The standard InChI is InChI=1S/C17H13Cl2N3O4S/c18-10-4-13-14(5-11(10)19)21-16(20-13)27-7-8(23)6-25-9-1-2-12-15(3-9)26-17(24)22-12/h1-5,8,23H,6-7H2,(H,20,21)(H,22,24)/t8-/m1/s1. The zero-order valence-electron chi connectivity index (χ0n) is 13.7. The summed E-state index contributed by atoms with van der Waals surface area (Å²) < 4.78 is 10.5. The Labute approximate surface area is 166 Å². The Kier molecular flexibility index (Phi) is 5.05. The van der Waals surface area contributed by atoms with Crippen LogP contribution in [0.4, 0.5) is 0 Å². The van der Waals surface area contributed by atoms with Gasteiger partial charge in [0.1, 0.15) is 12.4 Å². The molecule has 4 aromatic rings. The van der Waals surface area contributed by atoms with Crippen LogP contribution in [0.3, 0.4) is 0 Å². The lowest BCUT2D eigenvalue weighted by Gasteiger charge is -2.11. The van der Waals surface area contributed by atoms with Gasteiger partial charge < -0.3 is 19.2 Å².